The van der Waals surface area contributed by atoms with Gasteiger partial charge in [-0.05, 0) is 69.0 Å². The van der Waals surface area contributed by atoms with Crippen molar-refractivity contribution in [1.82, 2.24) is 5.32 Å². The Morgan fingerprint density at radius 2 is 1.79 bits per heavy atom. The molecule has 39 heavy (non-hydrogen) atoms. The molecule has 6 nitrogen and oxygen atoms in total. The molecule has 0 saturated carbocycles. The summed E-state index contributed by atoms with van der Waals surface area (Å²) in [7, 11) is 0. The van der Waals surface area contributed by atoms with E-state index in [1.165, 1.54) is 13.1 Å². The van der Waals surface area contributed by atoms with Crippen molar-refractivity contribution in [3.05, 3.63) is 95.9 Å². The van der Waals surface area contributed by atoms with E-state index in [0.29, 0.717) is 54.8 Å². The van der Waals surface area contributed by atoms with Crippen LogP contribution in [0.25, 0.3) is 5.57 Å². The maximum Gasteiger partial charge on any atom is 0.251 e. The van der Waals surface area contributed by atoms with Crippen LogP contribution in [0.4, 0.5) is 14.5 Å². The van der Waals surface area contributed by atoms with E-state index in [2.05, 4.69) is 33.8 Å². The number of hydrogen-bond acceptors (Lipinski definition) is 4. The number of ether oxygens (including phenoxy) is 1. The van der Waals surface area contributed by atoms with Crippen LogP contribution in [0.15, 0.2) is 72.0 Å². The smallest absolute Gasteiger partial charge is 0.251 e. The zero-order valence-electron chi connectivity index (χ0n) is 23.4. The molecule has 0 bridgehead atoms. The Kier molecular flexibility index (Phi) is 12.4. The van der Waals surface area contributed by atoms with Crippen LogP contribution in [0.1, 0.15) is 54.7 Å². The summed E-state index contributed by atoms with van der Waals surface area (Å²) in [6.45, 7) is 16.8. The Bertz CT molecular complexity index is 1280. The van der Waals surface area contributed by atoms with Gasteiger partial charge in [-0.3, -0.25) is 9.79 Å². The lowest BCUT2D eigenvalue weighted by Crippen LogP contribution is -2.39. The molecule has 8 heteroatoms. The SMILES string of the molecule is C/C=C\N=C(Nc1ccc(C(=O)NCC2COC2)c(CC)c1)C(C)=N/C=C(\C)c1ccc(C)c(F)c1F.C=C. The number of amides is 1. The lowest BCUT2D eigenvalue weighted by molar-refractivity contribution is -0.0298. The zero-order chi connectivity index (χ0) is 28.9. The monoisotopic (exact) mass is 536 g/mol. The Labute approximate surface area is 230 Å². The van der Waals surface area contributed by atoms with Crippen LogP contribution < -0.4 is 10.6 Å². The highest BCUT2D eigenvalue weighted by Crippen LogP contribution is 2.23. The topological polar surface area (TPSA) is 75.1 Å². The number of hydrogen-bond donors (Lipinski definition) is 2. The lowest BCUT2D eigenvalue weighted by atomic mass is 10.0. The maximum atomic E-state index is 14.4. The highest BCUT2D eigenvalue weighted by atomic mass is 19.2. The van der Waals surface area contributed by atoms with Crippen molar-refractivity contribution < 1.29 is 18.3 Å². The predicted molar refractivity (Wildman–Crippen MR) is 157 cm³/mol. The van der Waals surface area contributed by atoms with Gasteiger partial charge >= 0.3 is 0 Å². The number of nitrogens with one attached hydrogen (secondary N) is 2. The molecule has 1 saturated heterocycles. The van der Waals surface area contributed by atoms with Crippen molar-refractivity contribution in [3.63, 3.8) is 0 Å². The fourth-order valence-electron chi connectivity index (χ4n) is 3.70. The van der Waals surface area contributed by atoms with Gasteiger partial charge in [0.25, 0.3) is 5.91 Å². The quantitative estimate of drug-likeness (QED) is 0.208. The van der Waals surface area contributed by atoms with Gasteiger partial charge in [-0.15, -0.1) is 13.2 Å². The zero-order valence-corrected chi connectivity index (χ0v) is 23.4. The molecule has 2 N–H and O–H groups in total. The van der Waals surface area contributed by atoms with Crippen molar-refractivity contribution in [1.29, 1.82) is 0 Å². The van der Waals surface area contributed by atoms with Gasteiger partial charge in [-0.25, -0.2) is 13.8 Å². The van der Waals surface area contributed by atoms with Gasteiger partial charge in [0.2, 0.25) is 0 Å². The van der Waals surface area contributed by atoms with Gasteiger partial charge in [0.05, 0.1) is 18.9 Å². The molecule has 3 rings (SSSR count). The lowest BCUT2D eigenvalue weighted by Gasteiger charge is -2.26. The molecule has 0 radical (unpaired) electrons. The second kappa shape index (κ2) is 15.5. The summed E-state index contributed by atoms with van der Waals surface area (Å²) in [4.78, 5) is 21.6. The first-order valence-corrected chi connectivity index (χ1v) is 12.9. The molecule has 1 aliphatic heterocycles. The van der Waals surface area contributed by atoms with Gasteiger partial charge in [0.15, 0.2) is 17.5 Å². The van der Waals surface area contributed by atoms with E-state index in [0.717, 1.165) is 11.3 Å². The number of nitrogens with zero attached hydrogens (tertiary/aromatic N) is 2. The molecule has 0 spiro atoms. The Morgan fingerprint density at radius 1 is 1.10 bits per heavy atom. The molecule has 1 aliphatic rings. The molecule has 0 unspecified atom stereocenters. The normalized spacial score (nSPS) is 14.5. The molecular weight excluding hydrogens is 498 g/mol. The largest absolute Gasteiger partial charge is 0.381 e. The molecule has 1 heterocycles. The highest BCUT2D eigenvalue weighted by molar-refractivity contribution is 6.45. The number of aryl methyl sites for hydroxylation is 2. The second-order valence-corrected chi connectivity index (χ2v) is 9.01. The van der Waals surface area contributed by atoms with Gasteiger partial charge < -0.3 is 15.4 Å². The van der Waals surface area contributed by atoms with Crippen LogP contribution in [0, 0.1) is 24.5 Å². The maximum absolute atomic E-state index is 14.4. The number of allylic oxidation sites excluding steroid dienone is 2. The summed E-state index contributed by atoms with van der Waals surface area (Å²) in [5, 5.41) is 6.26. The first kappa shape index (κ1) is 31.3. The third-order valence-corrected chi connectivity index (χ3v) is 6.10. The summed E-state index contributed by atoms with van der Waals surface area (Å²) in [5.74, 6) is -0.983. The number of rotatable bonds is 9. The molecule has 208 valence electrons. The summed E-state index contributed by atoms with van der Waals surface area (Å²) in [6, 6.07) is 8.63. The third-order valence-electron chi connectivity index (χ3n) is 6.10. The van der Waals surface area contributed by atoms with Crippen molar-refractivity contribution in [2.75, 3.05) is 25.1 Å². The molecule has 0 aromatic heterocycles. The molecule has 2 aromatic carbocycles. The fraction of sp³-hybridized carbons (Fsp3) is 0.323. The first-order chi connectivity index (χ1) is 18.7. The van der Waals surface area contributed by atoms with Gasteiger partial charge in [-0.2, -0.15) is 0 Å². The average molecular weight is 537 g/mol. The number of carbonyl (C=O) groups excluding carboxylic acids is 1. The predicted octanol–water partition coefficient (Wildman–Crippen LogP) is 6.88. The van der Waals surface area contributed by atoms with E-state index < -0.39 is 11.6 Å². The Hall–Kier alpha value is -3.91. The molecule has 0 atom stereocenters. The van der Waals surface area contributed by atoms with E-state index in [4.69, 9.17) is 4.74 Å². The minimum Gasteiger partial charge on any atom is -0.381 e. The van der Waals surface area contributed by atoms with Crippen LogP contribution in [0.2, 0.25) is 0 Å². The summed E-state index contributed by atoms with van der Waals surface area (Å²) in [6.07, 6.45) is 5.60. The number of benzene rings is 2. The van der Waals surface area contributed by atoms with Crippen molar-refractivity contribution in [2.45, 2.75) is 41.0 Å². The second-order valence-electron chi connectivity index (χ2n) is 9.01. The van der Waals surface area contributed by atoms with Gasteiger partial charge in [-0.1, -0.05) is 25.1 Å². The standard InChI is InChI=1S/C29H34F2N4O2.C2H4/c1-6-12-32-28(20(5)33-14-19(4)24-10-8-18(3)26(30)27(24)31)35-23-9-11-25(22(7-2)13-23)29(36)34-15-21-16-37-17-21;1-2/h6,8-14,21H,7,15-17H2,1-5H3,(H,32,35)(H,34,36);1-2H2/b12-6-,19-14+,33-20?;. The van der Waals surface area contributed by atoms with Crippen LogP contribution >= 0.6 is 0 Å². The number of aliphatic imine (C=N–C) groups is 2. The first-order valence-electron chi connectivity index (χ1n) is 12.9. The molecule has 1 amide bonds. The van der Waals surface area contributed by atoms with E-state index >= 15 is 0 Å². The fourth-order valence-corrected chi connectivity index (χ4v) is 3.70. The molecule has 2 aromatic rings. The number of halogens is 2. The van der Waals surface area contributed by atoms with E-state index in [9.17, 15) is 13.6 Å². The van der Waals surface area contributed by atoms with Crippen LogP contribution in [0.5, 0.6) is 0 Å². The minimum absolute atomic E-state index is 0.101. The summed E-state index contributed by atoms with van der Waals surface area (Å²) < 4.78 is 33.5. The number of amidine groups is 1. The third kappa shape index (κ3) is 8.55. The Balaban J connectivity index is 0.00000260. The van der Waals surface area contributed by atoms with Crippen LogP contribution in [-0.2, 0) is 11.2 Å². The van der Waals surface area contributed by atoms with Gasteiger partial charge in [0.1, 0.15) is 0 Å². The minimum atomic E-state index is -0.889. The summed E-state index contributed by atoms with van der Waals surface area (Å²) >= 11 is 0. The van der Waals surface area contributed by atoms with Crippen molar-refractivity contribution in [3.8, 4) is 0 Å². The number of anilines is 1. The van der Waals surface area contributed by atoms with Gasteiger partial charge in [0, 0.05) is 41.7 Å². The summed E-state index contributed by atoms with van der Waals surface area (Å²) in [5.41, 5.74) is 3.74. The van der Waals surface area contributed by atoms with Crippen molar-refractivity contribution in [2.24, 2.45) is 15.9 Å². The molecular formula is C31H38F2N4O2. The van der Waals surface area contributed by atoms with Crippen molar-refractivity contribution >= 4 is 28.7 Å². The van der Waals surface area contributed by atoms with Crippen LogP contribution in [0.3, 0.4) is 0 Å². The van der Waals surface area contributed by atoms with E-state index in [1.807, 2.05) is 26.0 Å². The Morgan fingerprint density at radius 3 is 2.41 bits per heavy atom. The molecule has 1 fully saturated rings. The average Bonchev–Trinajstić information content (AvgIpc) is 2.92. The molecule has 0 aliphatic carbocycles. The van der Waals surface area contributed by atoms with E-state index in [-0.39, 0.29) is 17.0 Å². The number of carbonyl (C=O) groups is 1. The highest BCUT2D eigenvalue weighted by Gasteiger charge is 2.20. The van der Waals surface area contributed by atoms with E-state index in [1.54, 1.807) is 44.3 Å². The van der Waals surface area contributed by atoms with Crippen LogP contribution in [-0.4, -0.2) is 37.2 Å².